The van der Waals surface area contributed by atoms with Crippen molar-refractivity contribution in [2.45, 2.75) is 18.6 Å². The van der Waals surface area contributed by atoms with E-state index in [4.69, 9.17) is 0 Å². The Morgan fingerprint density at radius 3 is 2.38 bits per heavy atom. The van der Waals surface area contributed by atoms with Gasteiger partial charge >= 0.3 is 6.18 Å². The van der Waals surface area contributed by atoms with E-state index >= 15 is 0 Å². The highest BCUT2D eigenvalue weighted by Gasteiger charge is 2.36. The molecule has 0 aromatic heterocycles. The molecule has 3 aromatic carbocycles. The molecule has 11 heteroatoms. The molecule has 0 radical (unpaired) electrons. The first-order valence-corrected chi connectivity index (χ1v) is 9.66. The van der Waals surface area contributed by atoms with E-state index < -0.39 is 58.8 Å². The largest absolute Gasteiger partial charge is 0.416 e. The summed E-state index contributed by atoms with van der Waals surface area (Å²) in [5.74, 6) is -3.96. The normalized spacial score (nSPS) is 15.3. The Labute approximate surface area is 187 Å². The van der Waals surface area contributed by atoms with Gasteiger partial charge in [0.05, 0.1) is 11.6 Å². The Balaban J connectivity index is 1.77. The van der Waals surface area contributed by atoms with E-state index in [1.165, 1.54) is 18.2 Å². The van der Waals surface area contributed by atoms with Gasteiger partial charge in [-0.3, -0.25) is 9.59 Å². The zero-order valence-electron chi connectivity index (χ0n) is 16.8. The van der Waals surface area contributed by atoms with Crippen LogP contribution in [0.1, 0.15) is 55.4 Å². The average molecular weight is 482 g/mol. The Bertz CT molecular complexity index is 1300. The molecule has 0 saturated carbocycles. The van der Waals surface area contributed by atoms with E-state index in [-0.39, 0.29) is 28.4 Å². The van der Waals surface area contributed by atoms with Crippen LogP contribution in [0.5, 0.6) is 0 Å². The molecule has 0 saturated heterocycles. The number of amides is 2. The van der Waals surface area contributed by atoms with E-state index in [0.717, 1.165) is 18.2 Å². The van der Waals surface area contributed by atoms with Gasteiger partial charge in [0.25, 0.3) is 18.2 Å². The molecule has 1 aliphatic rings. The van der Waals surface area contributed by atoms with E-state index in [0.29, 0.717) is 12.1 Å². The minimum atomic E-state index is -4.91. The number of fused-ring (bicyclic) bond motifs is 1. The summed E-state index contributed by atoms with van der Waals surface area (Å²) in [5.41, 5.74) is -2.95. The Kier molecular flexibility index (Phi) is 5.80. The number of carbonyl (C=O) groups excluding carboxylic acids is 2. The second kappa shape index (κ2) is 8.47. The molecule has 2 amide bonds. The number of anilines is 1. The molecule has 0 fully saturated rings. The number of rotatable bonds is 4. The van der Waals surface area contributed by atoms with Crippen molar-refractivity contribution in [1.29, 1.82) is 0 Å². The molecule has 4 nitrogen and oxygen atoms in total. The molecule has 0 aliphatic carbocycles. The smallest absolute Gasteiger partial charge is 0.341 e. The van der Waals surface area contributed by atoms with Crippen LogP contribution in [0.3, 0.4) is 0 Å². The Hall–Kier alpha value is -3.89. The van der Waals surface area contributed by atoms with Gasteiger partial charge in [0, 0.05) is 27.9 Å². The van der Waals surface area contributed by atoms with Gasteiger partial charge in [-0.2, -0.15) is 13.2 Å². The maximum atomic E-state index is 13.9. The van der Waals surface area contributed by atoms with Crippen LogP contribution in [0.15, 0.2) is 54.6 Å². The molecule has 34 heavy (non-hydrogen) atoms. The van der Waals surface area contributed by atoms with Crippen LogP contribution in [0.4, 0.5) is 36.4 Å². The zero-order chi connectivity index (χ0) is 24.8. The molecule has 3 aromatic rings. The number of carbonyl (C=O) groups is 2. The second-order valence-electron chi connectivity index (χ2n) is 7.43. The fourth-order valence-electron chi connectivity index (χ4n) is 3.77. The van der Waals surface area contributed by atoms with Crippen LogP contribution in [0.2, 0.25) is 0 Å². The van der Waals surface area contributed by atoms with Crippen LogP contribution in [0, 0.1) is 11.6 Å². The van der Waals surface area contributed by atoms with Gasteiger partial charge in [-0.05, 0) is 48.0 Å². The average Bonchev–Trinajstić information content (AvgIpc) is 3.10. The third-order valence-electron chi connectivity index (χ3n) is 5.25. The lowest BCUT2D eigenvalue weighted by Gasteiger charge is -2.19. The second-order valence-corrected chi connectivity index (χ2v) is 7.43. The van der Waals surface area contributed by atoms with Gasteiger partial charge in [0.1, 0.15) is 11.6 Å². The molecule has 1 unspecified atom stereocenters. The number of benzene rings is 3. The van der Waals surface area contributed by atoms with Gasteiger partial charge in [-0.25, -0.2) is 17.6 Å². The third kappa shape index (κ3) is 4.33. The maximum absolute atomic E-state index is 13.9. The van der Waals surface area contributed by atoms with Gasteiger partial charge in [-0.1, -0.05) is 12.1 Å². The van der Waals surface area contributed by atoms with Crippen molar-refractivity contribution in [3.8, 4) is 0 Å². The van der Waals surface area contributed by atoms with Crippen molar-refractivity contribution in [2.24, 2.45) is 0 Å². The number of alkyl halides is 5. The lowest BCUT2D eigenvalue weighted by molar-refractivity contribution is -0.137. The van der Waals surface area contributed by atoms with Crippen molar-refractivity contribution in [1.82, 2.24) is 5.32 Å². The number of hydrogen-bond acceptors (Lipinski definition) is 2. The van der Waals surface area contributed by atoms with Crippen molar-refractivity contribution < 1.29 is 40.3 Å². The van der Waals surface area contributed by atoms with Crippen LogP contribution < -0.4 is 10.6 Å². The number of nitrogens with one attached hydrogen (secondary N) is 2. The van der Waals surface area contributed by atoms with Crippen molar-refractivity contribution in [2.75, 3.05) is 5.32 Å². The lowest BCUT2D eigenvalue weighted by atomic mass is 9.93. The molecule has 1 heterocycles. The molecule has 176 valence electrons. The SMILES string of the molecule is O=C(Nc1cccc2c1C(c1cc(F)ccc1C(F)F)NC2=O)c1cc(F)cc(C(F)(F)F)c1. The Morgan fingerprint density at radius 1 is 0.971 bits per heavy atom. The summed E-state index contributed by atoms with van der Waals surface area (Å²) < 4.78 is 93.7. The number of hydrogen-bond donors (Lipinski definition) is 2. The maximum Gasteiger partial charge on any atom is 0.416 e. The predicted molar refractivity (Wildman–Crippen MR) is 106 cm³/mol. The lowest BCUT2D eigenvalue weighted by Crippen LogP contribution is -2.22. The van der Waals surface area contributed by atoms with Crippen LogP contribution in [-0.2, 0) is 6.18 Å². The highest BCUT2D eigenvalue weighted by atomic mass is 19.4. The summed E-state index contributed by atoms with van der Waals surface area (Å²) in [6, 6.07) is 6.49. The first-order valence-electron chi connectivity index (χ1n) is 9.66. The summed E-state index contributed by atoms with van der Waals surface area (Å²) in [6.45, 7) is 0. The molecule has 0 spiro atoms. The summed E-state index contributed by atoms with van der Waals surface area (Å²) in [6.07, 6.45) is -7.92. The molecule has 1 aliphatic heterocycles. The molecule has 2 N–H and O–H groups in total. The molecule has 0 bridgehead atoms. The quantitative estimate of drug-likeness (QED) is 0.448. The molecular formula is C23H13F7N2O2. The summed E-state index contributed by atoms with van der Waals surface area (Å²) in [7, 11) is 0. The molecule has 4 rings (SSSR count). The van der Waals surface area contributed by atoms with Gasteiger partial charge in [0.2, 0.25) is 0 Å². The molecule has 1 atom stereocenters. The highest BCUT2D eigenvalue weighted by Crippen LogP contribution is 2.40. The Morgan fingerprint density at radius 2 is 1.71 bits per heavy atom. The molecular weight excluding hydrogens is 469 g/mol. The van der Waals surface area contributed by atoms with Crippen LogP contribution >= 0.6 is 0 Å². The van der Waals surface area contributed by atoms with Crippen molar-refractivity contribution in [3.63, 3.8) is 0 Å². The first kappa shape index (κ1) is 23.3. The fraction of sp³-hybridized carbons (Fsp3) is 0.130. The van der Waals surface area contributed by atoms with Crippen LogP contribution in [0.25, 0.3) is 0 Å². The highest BCUT2D eigenvalue weighted by molar-refractivity contribution is 6.07. The van der Waals surface area contributed by atoms with Gasteiger partial charge in [0.15, 0.2) is 0 Å². The van der Waals surface area contributed by atoms with E-state index in [1.807, 2.05) is 0 Å². The summed E-state index contributed by atoms with van der Waals surface area (Å²) in [4.78, 5) is 25.1. The van der Waals surface area contributed by atoms with E-state index in [9.17, 15) is 40.3 Å². The van der Waals surface area contributed by atoms with Crippen molar-refractivity contribution in [3.05, 3.63) is 99.6 Å². The summed E-state index contributed by atoms with van der Waals surface area (Å²) in [5, 5.41) is 4.75. The van der Waals surface area contributed by atoms with Crippen LogP contribution in [-0.4, -0.2) is 11.8 Å². The third-order valence-corrected chi connectivity index (χ3v) is 5.25. The van der Waals surface area contributed by atoms with Gasteiger partial charge in [-0.15, -0.1) is 0 Å². The fourth-order valence-corrected chi connectivity index (χ4v) is 3.77. The van der Waals surface area contributed by atoms with Crippen molar-refractivity contribution >= 4 is 17.5 Å². The number of halogens is 7. The summed E-state index contributed by atoms with van der Waals surface area (Å²) >= 11 is 0. The standard InChI is InChI=1S/C23H13F7N2O2/c24-12-4-5-14(20(26)27)16(9-12)19-18-15(22(34)32-19)2-1-3-17(18)31-21(33)10-6-11(23(28,29)30)8-13(25)7-10/h1-9,19-20H,(H,31,33)(H,32,34). The van der Waals surface area contributed by atoms with Gasteiger partial charge < -0.3 is 10.6 Å². The predicted octanol–water partition coefficient (Wildman–Crippen LogP) is 6.01. The first-order chi connectivity index (χ1) is 16.0. The minimum Gasteiger partial charge on any atom is -0.341 e. The minimum absolute atomic E-state index is 0.0116. The zero-order valence-corrected chi connectivity index (χ0v) is 16.8. The monoisotopic (exact) mass is 482 g/mol. The van der Waals surface area contributed by atoms with E-state index in [1.54, 1.807) is 0 Å². The van der Waals surface area contributed by atoms with E-state index in [2.05, 4.69) is 10.6 Å². The topological polar surface area (TPSA) is 58.2 Å².